The van der Waals surface area contributed by atoms with Crippen molar-refractivity contribution in [2.75, 3.05) is 20.2 Å². The van der Waals surface area contributed by atoms with Gasteiger partial charge in [-0.2, -0.15) is 0 Å². The summed E-state index contributed by atoms with van der Waals surface area (Å²) in [6, 6.07) is 4.08. The standard InChI is InChI=1S/C16H25NO2/c1-11-7-8-14(15(19-4)12(11)2)16(3,18)13-6-5-9-17-10-13/h7-8,13,17-18H,5-6,9-10H2,1-4H3. The zero-order valence-electron chi connectivity index (χ0n) is 12.4. The van der Waals surface area contributed by atoms with Crippen molar-refractivity contribution in [3.63, 3.8) is 0 Å². The first-order valence-electron chi connectivity index (χ1n) is 7.06. The van der Waals surface area contributed by atoms with Crippen molar-refractivity contribution in [2.45, 2.75) is 39.2 Å². The van der Waals surface area contributed by atoms with Gasteiger partial charge in [-0.15, -0.1) is 0 Å². The molecule has 2 atom stereocenters. The van der Waals surface area contributed by atoms with Crippen LogP contribution in [0.5, 0.6) is 5.75 Å². The molecule has 1 fully saturated rings. The maximum Gasteiger partial charge on any atom is 0.128 e. The Bertz CT molecular complexity index is 448. The monoisotopic (exact) mass is 263 g/mol. The summed E-state index contributed by atoms with van der Waals surface area (Å²) in [5.74, 6) is 1.06. The van der Waals surface area contributed by atoms with E-state index in [9.17, 15) is 5.11 Å². The molecular weight excluding hydrogens is 238 g/mol. The number of rotatable bonds is 3. The zero-order chi connectivity index (χ0) is 14.0. The summed E-state index contributed by atoms with van der Waals surface area (Å²) in [7, 11) is 1.68. The van der Waals surface area contributed by atoms with Crippen molar-refractivity contribution in [3.05, 3.63) is 28.8 Å². The number of aliphatic hydroxyl groups is 1. The fraction of sp³-hybridized carbons (Fsp3) is 0.625. The van der Waals surface area contributed by atoms with Crippen LogP contribution in [0, 0.1) is 19.8 Å². The van der Waals surface area contributed by atoms with Crippen LogP contribution in [0.25, 0.3) is 0 Å². The van der Waals surface area contributed by atoms with E-state index < -0.39 is 5.60 Å². The molecule has 1 aliphatic heterocycles. The Balaban J connectivity index is 2.41. The molecule has 1 saturated heterocycles. The number of benzene rings is 1. The van der Waals surface area contributed by atoms with Gasteiger partial charge in [-0.3, -0.25) is 0 Å². The van der Waals surface area contributed by atoms with Crippen LogP contribution in [-0.2, 0) is 5.60 Å². The first-order chi connectivity index (χ1) is 8.98. The average molecular weight is 263 g/mol. The summed E-state index contributed by atoms with van der Waals surface area (Å²) in [6.45, 7) is 7.95. The summed E-state index contributed by atoms with van der Waals surface area (Å²) in [4.78, 5) is 0. The predicted molar refractivity (Wildman–Crippen MR) is 77.6 cm³/mol. The van der Waals surface area contributed by atoms with Gasteiger partial charge in [-0.25, -0.2) is 0 Å². The lowest BCUT2D eigenvalue weighted by Crippen LogP contribution is -2.42. The Morgan fingerprint density at radius 2 is 2.11 bits per heavy atom. The van der Waals surface area contributed by atoms with Crippen LogP contribution in [-0.4, -0.2) is 25.3 Å². The van der Waals surface area contributed by atoms with Crippen LogP contribution >= 0.6 is 0 Å². The predicted octanol–water partition coefficient (Wildman–Crippen LogP) is 2.52. The normalized spacial score (nSPS) is 22.9. The van der Waals surface area contributed by atoms with Crippen molar-refractivity contribution >= 4 is 0 Å². The molecule has 3 nitrogen and oxygen atoms in total. The number of hydrogen-bond acceptors (Lipinski definition) is 3. The van der Waals surface area contributed by atoms with E-state index >= 15 is 0 Å². The molecule has 0 spiro atoms. The van der Waals surface area contributed by atoms with Crippen LogP contribution in [0.4, 0.5) is 0 Å². The third-order valence-electron chi connectivity index (χ3n) is 4.52. The highest BCUT2D eigenvalue weighted by atomic mass is 16.5. The molecule has 0 aliphatic carbocycles. The second-order valence-electron chi connectivity index (χ2n) is 5.78. The van der Waals surface area contributed by atoms with Gasteiger partial charge >= 0.3 is 0 Å². The highest BCUT2D eigenvalue weighted by molar-refractivity contribution is 5.48. The molecule has 1 heterocycles. The summed E-state index contributed by atoms with van der Waals surface area (Å²) in [5, 5.41) is 14.4. The highest BCUT2D eigenvalue weighted by Crippen LogP contribution is 2.40. The van der Waals surface area contributed by atoms with Gasteiger partial charge in [0.1, 0.15) is 5.75 Å². The molecule has 1 aliphatic rings. The molecule has 106 valence electrons. The molecular formula is C16H25NO2. The number of nitrogens with one attached hydrogen (secondary N) is 1. The quantitative estimate of drug-likeness (QED) is 0.880. The maximum atomic E-state index is 11.0. The Hall–Kier alpha value is -1.06. The van der Waals surface area contributed by atoms with Crippen molar-refractivity contribution in [1.82, 2.24) is 5.32 Å². The van der Waals surface area contributed by atoms with Crippen LogP contribution in [0.2, 0.25) is 0 Å². The van der Waals surface area contributed by atoms with Gasteiger partial charge in [0.25, 0.3) is 0 Å². The van der Waals surface area contributed by atoms with Gasteiger partial charge in [0.2, 0.25) is 0 Å². The third-order valence-corrected chi connectivity index (χ3v) is 4.52. The fourth-order valence-electron chi connectivity index (χ4n) is 3.00. The van der Waals surface area contributed by atoms with Crippen LogP contribution in [0.3, 0.4) is 0 Å². The first-order valence-corrected chi connectivity index (χ1v) is 7.06. The summed E-state index contributed by atoms with van der Waals surface area (Å²) in [5.41, 5.74) is 2.37. The summed E-state index contributed by atoms with van der Waals surface area (Å²) < 4.78 is 5.55. The second-order valence-corrected chi connectivity index (χ2v) is 5.78. The molecule has 1 aromatic carbocycles. The lowest BCUT2D eigenvalue weighted by atomic mass is 9.77. The number of methoxy groups -OCH3 is 1. The average Bonchev–Trinajstić information content (AvgIpc) is 2.42. The van der Waals surface area contributed by atoms with E-state index in [4.69, 9.17) is 4.74 Å². The summed E-state index contributed by atoms with van der Waals surface area (Å²) in [6.07, 6.45) is 2.17. The topological polar surface area (TPSA) is 41.5 Å². The summed E-state index contributed by atoms with van der Waals surface area (Å²) >= 11 is 0. The molecule has 2 N–H and O–H groups in total. The first kappa shape index (κ1) is 14.4. The van der Waals surface area contributed by atoms with Gasteiger partial charge in [-0.1, -0.05) is 12.1 Å². The van der Waals surface area contributed by atoms with Crippen molar-refractivity contribution < 1.29 is 9.84 Å². The van der Waals surface area contributed by atoms with Crippen LogP contribution in [0.15, 0.2) is 12.1 Å². The lowest BCUT2D eigenvalue weighted by Gasteiger charge is -2.37. The SMILES string of the molecule is COc1c(C(C)(O)C2CCCNC2)ccc(C)c1C. The molecule has 0 radical (unpaired) electrons. The number of piperidine rings is 1. The van der Waals surface area contributed by atoms with E-state index in [0.29, 0.717) is 0 Å². The minimum atomic E-state index is -0.850. The Morgan fingerprint density at radius 1 is 1.37 bits per heavy atom. The minimum absolute atomic E-state index is 0.234. The number of hydrogen-bond donors (Lipinski definition) is 2. The van der Waals surface area contributed by atoms with Crippen molar-refractivity contribution in [2.24, 2.45) is 5.92 Å². The molecule has 2 rings (SSSR count). The molecule has 0 saturated carbocycles. The van der Waals surface area contributed by atoms with Gasteiger partial charge in [0, 0.05) is 18.0 Å². The Labute approximate surface area is 116 Å². The van der Waals surface area contributed by atoms with E-state index in [0.717, 1.165) is 42.8 Å². The molecule has 3 heteroatoms. The number of aryl methyl sites for hydroxylation is 1. The smallest absolute Gasteiger partial charge is 0.128 e. The molecule has 2 unspecified atom stereocenters. The molecule has 19 heavy (non-hydrogen) atoms. The van der Waals surface area contributed by atoms with Gasteiger partial charge in [0.05, 0.1) is 12.7 Å². The van der Waals surface area contributed by atoms with Gasteiger partial charge in [0.15, 0.2) is 0 Å². The van der Waals surface area contributed by atoms with Crippen LogP contribution < -0.4 is 10.1 Å². The largest absolute Gasteiger partial charge is 0.496 e. The zero-order valence-corrected chi connectivity index (χ0v) is 12.4. The molecule has 0 aromatic heterocycles. The van der Waals surface area contributed by atoms with Crippen molar-refractivity contribution in [3.8, 4) is 5.75 Å². The van der Waals surface area contributed by atoms with Gasteiger partial charge in [-0.05, 0) is 51.3 Å². The third kappa shape index (κ3) is 2.63. The highest BCUT2D eigenvalue weighted by Gasteiger charge is 2.37. The molecule has 1 aromatic rings. The van der Waals surface area contributed by atoms with E-state index in [1.165, 1.54) is 5.56 Å². The maximum absolute atomic E-state index is 11.0. The minimum Gasteiger partial charge on any atom is -0.496 e. The van der Waals surface area contributed by atoms with E-state index in [-0.39, 0.29) is 5.92 Å². The molecule has 0 amide bonds. The van der Waals surface area contributed by atoms with E-state index in [2.05, 4.69) is 18.3 Å². The van der Waals surface area contributed by atoms with Gasteiger partial charge < -0.3 is 15.2 Å². The van der Waals surface area contributed by atoms with Crippen LogP contribution in [0.1, 0.15) is 36.5 Å². The fourth-order valence-corrected chi connectivity index (χ4v) is 3.00. The lowest BCUT2D eigenvalue weighted by molar-refractivity contribution is -0.0174. The second kappa shape index (κ2) is 5.51. The Morgan fingerprint density at radius 3 is 2.68 bits per heavy atom. The Kier molecular flexibility index (Phi) is 4.16. The van der Waals surface area contributed by atoms with E-state index in [1.54, 1.807) is 7.11 Å². The number of ether oxygens (including phenoxy) is 1. The van der Waals surface area contributed by atoms with E-state index in [1.807, 2.05) is 19.9 Å². The molecule has 0 bridgehead atoms. The van der Waals surface area contributed by atoms with Crippen molar-refractivity contribution in [1.29, 1.82) is 0 Å².